The minimum Gasteiger partial charge on any atom is -0.497 e. The predicted octanol–water partition coefficient (Wildman–Crippen LogP) is 1.92. The third-order valence-corrected chi connectivity index (χ3v) is 6.05. The van der Waals surface area contributed by atoms with E-state index in [-0.39, 0.29) is 17.4 Å². The number of nitrogens with one attached hydrogen (secondary N) is 2. The van der Waals surface area contributed by atoms with E-state index in [4.69, 9.17) is 4.74 Å². The van der Waals surface area contributed by atoms with Crippen molar-refractivity contribution >= 4 is 32.7 Å². The van der Waals surface area contributed by atoms with Gasteiger partial charge in [0.1, 0.15) is 10.4 Å². The number of amides is 1. The summed E-state index contributed by atoms with van der Waals surface area (Å²) in [6.07, 6.45) is 2.88. The predicted molar refractivity (Wildman–Crippen MR) is 108 cm³/mol. The maximum Gasteiger partial charge on any atom is 0.270 e. The van der Waals surface area contributed by atoms with Crippen LogP contribution in [0.3, 0.4) is 0 Å². The summed E-state index contributed by atoms with van der Waals surface area (Å²) in [5.41, 5.74) is 1.35. The molecule has 0 atom stereocenters. The highest BCUT2D eigenvalue weighted by molar-refractivity contribution is 7.22. The second-order valence-corrected chi connectivity index (χ2v) is 7.69. The number of ether oxygens (including phenoxy) is 1. The maximum atomic E-state index is 12.5. The van der Waals surface area contributed by atoms with Gasteiger partial charge in [0.25, 0.3) is 5.56 Å². The molecule has 4 rings (SSSR count). The molecule has 1 aromatic carbocycles. The smallest absolute Gasteiger partial charge is 0.270 e. The maximum absolute atomic E-state index is 12.5. The Kier molecular flexibility index (Phi) is 5.25. The fraction of sp³-hybridized carbons (Fsp3) is 0.368. The molecule has 0 radical (unpaired) electrons. The van der Waals surface area contributed by atoms with Crippen molar-refractivity contribution in [3.8, 4) is 5.75 Å². The van der Waals surface area contributed by atoms with Crippen molar-refractivity contribution < 1.29 is 9.53 Å². The number of hydrogen-bond acceptors (Lipinski definition) is 7. The van der Waals surface area contributed by atoms with E-state index in [9.17, 15) is 9.59 Å². The van der Waals surface area contributed by atoms with Crippen molar-refractivity contribution in [2.24, 2.45) is 5.92 Å². The van der Waals surface area contributed by atoms with Crippen molar-refractivity contribution in [2.75, 3.05) is 25.1 Å². The SMILES string of the molecule is COc1ccc(CNC(=O)C2CCN(c3nc4nc[nH]c(=O)c4s3)CC2)cc1. The molecule has 28 heavy (non-hydrogen) atoms. The van der Waals surface area contributed by atoms with Crippen LogP contribution in [0, 0.1) is 5.92 Å². The van der Waals surface area contributed by atoms with E-state index in [2.05, 4.69) is 25.2 Å². The molecule has 0 bridgehead atoms. The van der Waals surface area contributed by atoms with E-state index in [1.54, 1.807) is 7.11 Å². The van der Waals surface area contributed by atoms with Crippen LogP contribution >= 0.6 is 11.3 Å². The summed E-state index contributed by atoms with van der Waals surface area (Å²) in [7, 11) is 1.63. The first-order valence-corrected chi connectivity index (χ1v) is 9.95. The standard InChI is InChI=1S/C19H21N5O3S/c1-27-14-4-2-12(3-5-14)10-20-17(25)13-6-8-24(9-7-13)19-23-16-15(28-19)18(26)22-11-21-16/h2-5,11,13H,6-10H2,1H3,(H,20,25)(H,21,22,26). The fourth-order valence-corrected chi connectivity index (χ4v) is 4.27. The van der Waals surface area contributed by atoms with Crippen LogP contribution in [0.5, 0.6) is 5.75 Å². The number of nitrogens with zero attached hydrogens (tertiary/aromatic N) is 3. The van der Waals surface area contributed by atoms with Crippen molar-refractivity contribution in [3.63, 3.8) is 0 Å². The lowest BCUT2D eigenvalue weighted by Gasteiger charge is -2.30. The van der Waals surface area contributed by atoms with Crippen LogP contribution in [-0.2, 0) is 11.3 Å². The summed E-state index contributed by atoms with van der Waals surface area (Å²) < 4.78 is 5.68. The Balaban J connectivity index is 1.32. The molecule has 1 aliphatic heterocycles. The van der Waals surface area contributed by atoms with Gasteiger partial charge in [-0.25, -0.2) is 4.98 Å². The molecule has 2 aromatic heterocycles. The van der Waals surface area contributed by atoms with Crippen molar-refractivity contribution in [2.45, 2.75) is 19.4 Å². The lowest BCUT2D eigenvalue weighted by atomic mass is 9.96. The lowest BCUT2D eigenvalue weighted by Crippen LogP contribution is -2.40. The molecule has 3 aromatic rings. The Morgan fingerprint density at radius 3 is 2.75 bits per heavy atom. The number of anilines is 1. The Morgan fingerprint density at radius 2 is 2.07 bits per heavy atom. The molecule has 3 heterocycles. The number of H-pyrrole nitrogens is 1. The third-order valence-electron chi connectivity index (χ3n) is 4.95. The molecule has 1 aliphatic rings. The Labute approximate surface area is 165 Å². The van der Waals surface area contributed by atoms with E-state index < -0.39 is 0 Å². The van der Waals surface area contributed by atoms with Gasteiger partial charge < -0.3 is 19.9 Å². The zero-order valence-corrected chi connectivity index (χ0v) is 16.3. The van der Waals surface area contributed by atoms with E-state index in [0.29, 0.717) is 16.9 Å². The van der Waals surface area contributed by atoms with Crippen LogP contribution in [-0.4, -0.2) is 41.1 Å². The molecular weight excluding hydrogens is 378 g/mol. The molecule has 2 N–H and O–H groups in total. The van der Waals surface area contributed by atoms with E-state index >= 15 is 0 Å². The van der Waals surface area contributed by atoms with Crippen LogP contribution < -0.4 is 20.5 Å². The van der Waals surface area contributed by atoms with Gasteiger partial charge in [-0.15, -0.1) is 0 Å². The number of methoxy groups -OCH3 is 1. The number of carbonyl (C=O) groups excluding carboxylic acids is 1. The number of carbonyl (C=O) groups is 1. The van der Waals surface area contributed by atoms with Gasteiger partial charge in [0.15, 0.2) is 10.8 Å². The van der Waals surface area contributed by atoms with Crippen LogP contribution in [0.4, 0.5) is 5.13 Å². The fourth-order valence-electron chi connectivity index (χ4n) is 3.30. The monoisotopic (exact) mass is 399 g/mol. The summed E-state index contributed by atoms with van der Waals surface area (Å²) in [6, 6.07) is 7.67. The number of fused-ring (bicyclic) bond motifs is 1. The summed E-state index contributed by atoms with van der Waals surface area (Å²) in [5.74, 6) is 0.873. The van der Waals surface area contributed by atoms with E-state index in [0.717, 1.165) is 42.4 Å². The van der Waals surface area contributed by atoms with E-state index in [1.807, 2.05) is 24.3 Å². The highest BCUT2D eigenvalue weighted by Crippen LogP contribution is 2.29. The Hall–Kier alpha value is -2.94. The molecule has 1 fully saturated rings. The molecule has 0 unspecified atom stereocenters. The van der Waals surface area contributed by atoms with Gasteiger partial charge in [-0.1, -0.05) is 23.5 Å². The van der Waals surface area contributed by atoms with Crippen molar-refractivity contribution in [1.29, 1.82) is 0 Å². The van der Waals surface area contributed by atoms with Crippen molar-refractivity contribution in [3.05, 3.63) is 46.5 Å². The van der Waals surface area contributed by atoms with Gasteiger partial charge in [0, 0.05) is 25.6 Å². The number of aromatic nitrogens is 3. The average molecular weight is 399 g/mol. The second-order valence-electron chi connectivity index (χ2n) is 6.71. The largest absolute Gasteiger partial charge is 0.497 e. The topological polar surface area (TPSA) is 100 Å². The molecule has 146 valence electrons. The number of piperidine rings is 1. The first-order valence-electron chi connectivity index (χ1n) is 9.14. The highest BCUT2D eigenvalue weighted by atomic mass is 32.1. The van der Waals surface area contributed by atoms with Gasteiger partial charge >= 0.3 is 0 Å². The normalized spacial score (nSPS) is 15.0. The minimum atomic E-state index is -0.165. The molecule has 1 saturated heterocycles. The second kappa shape index (κ2) is 7.97. The van der Waals surface area contributed by atoms with Crippen molar-refractivity contribution in [1.82, 2.24) is 20.3 Å². The summed E-state index contributed by atoms with van der Waals surface area (Å²) in [4.78, 5) is 37.6. The molecule has 0 aliphatic carbocycles. The quantitative estimate of drug-likeness (QED) is 0.680. The highest BCUT2D eigenvalue weighted by Gasteiger charge is 2.26. The number of aromatic amines is 1. The molecule has 9 heteroatoms. The summed E-state index contributed by atoms with van der Waals surface area (Å²) >= 11 is 1.35. The van der Waals surface area contributed by atoms with Gasteiger partial charge in [-0.2, -0.15) is 4.98 Å². The average Bonchev–Trinajstić information content (AvgIpc) is 3.18. The number of hydrogen-bond donors (Lipinski definition) is 2. The number of thiazole rings is 1. The number of rotatable bonds is 5. The Bertz CT molecular complexity index is 1020. The molecule has 1 amide bonds. The van der Waals surface area contributed by atoms with Gasteiger partial charge in [0.05, 0.1) is 13.4 Å². The van der Waals surface area contributed by atoms with Gasteiger partial charge in [0.2, 0.25) is 5.91 Å². The summed E-state index contributed by atoms with van der Waals surface area (Å²) in [6.45, 7) is 1.98. The minimum absolute atomic E-state index is 0.00888. The third kappa shape index (κ3) is 3.84. The Morgan fingerprint density at radius 1 is 1.32 bits per heavy atom. The van der Waals surface area contributed by atoms with Gasteiger partial charge in [-0.05, 0) is 30.5 Å². The van der Waals surface area contributed by atoms with Crippen LogP contribution in [0.1, 0.15) is 18.4 Å². The summed E-state index contributed by atoms with van der Waals surface area (Å²) in [5, 5.41) is 3.81. The zero-order chi connectivity index (χ0) is 19.5. The molecular formula is C19H21N5O3S. The van der Waals surface area contributed by atoms with Gasteiger partial charge in [-0.3, -0.25) is 9.59 Å². The molecule has 0 spiro atoms. The molecule has 0 saturated carbocycles. The number of benzene rings is 1. The lowest BCUT2D eigenvalue weighted by molar-refractivity contribution is -0.125. The first kappa shape index (κ1) is 18.4. The van der Waals surface area contributed by atoms with Crippen LogP contribution in [0.15, 0.2) is 35.4 Å². The van der Waals surface area contributed by atoms with Crippen LogP contribution in [0.2, 0.25) is 0 Å². The first-order chi connectivity index (χ1) is 13.6. The molecule has 8 nitrogen and oxygen atoms in total. The van der Waals surface area contributed by atoms with E-state index in [1.165, 1.54) is 17.7 Å². The van der Waals surface area contributed by atoms with Crippen LogP contribution in [0.25, 0.3) is 10.3 Å². The zero-order valence-electron chi connectivity index (χ0n) is 15.5.